The van der Waals surface area contributed by atoms with Crippen LogP contribution in [0, 0.1) is 11.8 Å². The van der Waals surface area contributed by atoms with Crippen molar-refractivity contribution in [2.45, 2.75) is 20.3 Å². The average molecular weight is 288 g/mol. The van der Waals surface area contributed by atoms with Crippen molar-refractivity contribution < 1.29 is 0 Å². The lowest BCUT2D eigenvalue weighted by Crippen LogP contribution is -2.38. The number of aromatic nitrogens is 2. The molecular weight excluding hydrogens is 268 g/mol. The van der Waals surface area contributed by atoms with Crippen LogP contribution in [0.1, 0.15) is 20.3 Å². The number of pyridine rings is 1. The topological polar surface area (TPSA) is 55.0 Å². The summed E-state index contributed by atoms with van der Waals surface area (Å²) in [6, 6.07) is 3.99. The molecule has 0 spiro atoms. The highest BCUT2D eigenvalue weighted by atomic mass is 32.1. The van der Waals surface area contributed by atoms with Crippen molar-refractivity contribution >= 4 is 22.4 Å². The standard InChI is InChI=1S/C15H20N4S/c1-10-5-7-19(9-11(10)2)15-13(14(16)18-20-15)12-4-3-6-17-8-12/h3-4,6,8,10-11H,5,7,9H2,1-2H3,(H2,16,18). The van der Waals surface area contributed by atoms with Crippen LogP contribution >= 0.6 is 11.5 Å². The van der Waals surface area contributed by atoms with E-state index in [9.17, 15) is 0 Å². The molecule has 2 aromatic heterocycles. The van der Waals surface area contributed by atoms with E-state index in [4.69, 9.17) is 5.73 Å². The zero-order valence-electron chi connectivity index (χ0n) is 11.9. The van der Waals surface area contributed by atoms with Gasteiger partial charge in [0.25, 0.3) is 0 Å². The number of anilines is 2. The van der Waals surface area contributed by atoms with Crippen LogP contribution in [0.2, 0.25) is 0 Å². The highest BCUT2D eigenvalue weighted by molar-refractivity contribution is 7.11. The second kappa shape index (κ2) is 5.40. The molecular formula is C15H20N4S. The number of hydrogen-bond acceptors (Lipinski definition) is 5. The third-order valence-corrected chi connectivity index (χ3v) is 5.20. The van der Waals surface area contributed by atoms with Crippen molar-refractivity contribution in [2.75, 3.05) is 23.7 Å². The molecule has 1 saturated heterocycles. The summed E-state index contributed by atoms with van der Waals surface area (Å²) in [6.07, 6.45) is 4.87. The molecule has 3 rings (SSSR count). The van der Waals surface area contributed by atoms with Crippen LogP contribution < -0.4 is 10.6 Å². The Hall–Kier alpha value is -1.62. The number of rotatable bonds is 2. The molecule has 2 N–H and O–H groups in total. The lowest BCUT2D eigenvalue weighted by molar-refractivity contribution is 0.325. The molecule has 0 amide bonds. The minimum absolute atomic E-state index is 0.615. The van der Waals surface area contributed by atoms with Crippen LogP contribution in [-0.4, -0.2) is 22.4 Å². The Labute approximate surface area is 123 Å². The molecule has 1 aliphatic heterocycles. The van der Waals surface area contributed by atoms with Crippen LogP contribution in [0.25, 0.3) is 11.1 Å². The van der Waals surface area contributed by atoms with Gasteiger partial charge in [-0.05, 0) is 35.9 Å². The van der Waals surface area contributed by atoms with Crippen LogP contribution in [0.5, 0.6) is 0 Å². The van der Waals surface area contributed by atoms with Gasteiger partial charge in [-0.1, -0.05) is 19.9 Å². The fourth-order valence-corrected chi connectivity index (χ4v) is 3.61. The van der Waals surface area contributed by atoms with E-state index >= 15 is 0 Å². The summed E-state index contributed by atoms with van der Waals surface area (Å²) in [5.74, 6) is 2.11. The van der Waals surface area contributed by atoms with Crippen LogP contribution in [-0.2, 0) is 0 Å². The molecule has 0 bridgehead atoms. The Morgan fingerprint density at radius 3 is 2.90 bits per heavy atom. The van der Waals surface area contributed by atoms with Gasteiger partial charge in [-0.15, -0.1) is 0 Å². The van der Waals surface area contributed by atoms with E-state index in [0.29, 0.717) is 11.7 Å². The second-order valence-corrected chi connectivity index (χ2v) is 6.43. The minimum atomic E-state index is 0.615. The van der Waals surface area contributed by atoms with Crippen molar-refractivity contribution in [3.05, 3.63) is 24.5 Å². The summed E-state index contributed by atoms with van der Waals surface area (Å²) in [7, 11) is 0. The summed E-state index contributed by atoms with van der Waals surface area (Å²) in [5.41, 5.74) is 8.19. The minimum Gasteiger partial charge on any atom is -0.382 e. The summed E-state index contributed by atoms with van der Waals surface area (Å²) in [6.45, 7) is 6.83. The van der Waals surface area contributed by atoms with Crippen molar-refractivity contribution in [3.8, 4) is 11.1 Å². The Morgan fingerprint density at radius 2 is 2.20 bits per heavy atom. The predicted octanol–water partition coefficient (Wildman–Crippen LogP) is 3.27. The maximum absolute atomic E-state index is 6.09. The summed E-state index contributed by atoms with van der Waals surface area (Å²) < 4.78 is 4.36. The van der Waals surface area contributed by atoms with Crippen LogP contribution in [0.15, 0.2) is 24.5 Å². The molecule has 0 aromatic carbocycles. The molecule has 0 saturated carbocycles. The summed E-state index contributed by atoms with van der Waals surface area (Å²) in [5, 5.41) is 1.19. The maximum Gasteiger partial charge on any atom is 0.147 e. The fraction of sp³-hybridized carbons (Fsp3) is 0.467. The molecule has 5 heteroatoms. The molecule has 2 atom stereocenters. The van der Waals surface area contributed by atoms with Gasteiger partial charge in [0.1, 0.15) is 10.8 Å². The second-order valence-electron chi connectivity index (χ2n) is 5.68. The largest absolute Gasteiger partial charge is 0.382 e. The Balaban J connectivity index is 1.96. The quantitative estimate of drug-likeness (QED) is 0.921. The molecule has 0 aliphatic carbocycles. The number of nitrogens with two attached hydrogens (primary N) is 1. The first kappa shape index (κ1) is 13.4. The first-order valence-corrected chi connectivity index (χ1v) is 7.84. The van der Waals surface area contributed by atoms with Gasteiger partial charge >= 0.3 is 0 Å². The van der Waals surface area contributed by atoms with Gasteiger partial charge in [0.15, 0.2) is 0 Å². The lowest BCUT2D eigenvalue weighted by atomic mass is 9.88. The zero-order chi connectivity index (χ0) is 14.1. The molecule has 4 nitrogen and oxygen atoms in total. The third kappa shape index (κ3) is 2.38. The van der Waals surface area contributed by atoms with E-state index in [1.807, 2.05) is 18.3 Å². The summed E-state index contributed by atoms with van der Waals surface area (Å²) in [4.78, 5) is 6.63. The van der Waals surface area contributed by atoms with Gasteiger partial charge in [0.2, 0.25) is 0 Å². The van der Waals surface area contributed by atoms with Crippen LogP contribution in [0.3, 0.4) is 0 Å². The molecule has 2 aromatic rings. The Bertz CT molecular complexity index is 581. The van der Waals surface area contributed by atoms with Crippen molar-refractivity contribution in [3.63, 3.8) is 0 Å². The number of hydrogen-bond donors (Lipinski definition) is 1. The molecule has 0 radical (unpaired) electrons. The highest BCUT2D eigenvalue weighted by Gasteiger charge is 2.27. The first-order valence-electron chi connectivity index (χ1n) is 7.07. The normalized spacial score (nSPS) is 23.0. The lowest BCUT2D eigenvalue weighted by Gasteiger charge is -2.36. The predicted molar refractivity (Wildman–Crippen MR) is 84.9 cm³/mol. The Morgan fingerprint density at radius 1 is 1.35 bits per heavy atom. The monoisotopic (exact) mass is 288 g/mol. The van der Waals surface area contributed by atoms with Crippen LogP contribution in [0.4, 0.5) is 10.8 Å². The smallest absolute Gasteiger partial charge is 0.147 e. The number of nitrogen functional groups attached to an aromatic ring is 1. The molecule has 1 aliphatic rings. The van der Waals surface area contributed by atoms with Gasteiger partial charge in [-0.3, -0.25) is 4.98 Å². The molecule has 1 fully saturated rings. The van der Waals surface area contributed by atoms with E-state index in [1.54, 1.807) is 6.20 Å². The van der Waals surface area contributed by atoms with E-state index < -0.39 is 0 Å². The molecule has 3 heterocycles. The molecule has 2 unspecified atom stereocenters. The molecule has 20 heavy (non-hydrogen) atoms. The van der Waals surface area contributed by atoms with E-state index in [-0.39, 0.29) is 0 Å². The number of nitrogens with zero attached hydrogens (tertiary/aromatic N) is 3. The maximum atomic E-state index is 6.09. The van der Waals surface area contributed by atoms with Gasteiger partial charge in [-0.2, -0.15) is 4.37 Å². The third-order valence-electron chi connectivity index (χ3n) is 4.27. The SMILES string of the molecule is CC1CCN(c2snc(N)c2-c2cccnc2)CC1C. The van der Waals surface area contributed by atoms with Gasteiger partial charge in [0, 0.05) is 31.0 Å². The fourth-order valence-electron chi connectivity index (χ4n) is 2.74. The Kier molecular flexibility index (Phi) is 3.61. The van der Waals surface area contributed by atoms with Crippen molar-refractivity contribution in [2.24, 2.45) is 11.8 Å². The van der Waals surface area contributed by atoms with Crippen molar-refractivity contribution in [1.29, 1.82) is 0 Å². The van der Waals surface area contributed by atoms with E-state index in [2.05, 4.69) is 28.1 Å². The van der Waals surface area contributed by atoms with Crippen molar-refractivity contribution in [1.82, 2.24) is 9.36 Å². The summed E-state index contributed by atoms with van der Waals surface area (Å²) >= 11 is 1.50. The molecule has 106 valence electrons. The highest BCUT2D eigenvalue weighted by Crippen LogP contribution is 2.41. The van der Waals surface area contributed by atoms with E-state index in [0.717, 1.165) is 30.1 Å². The van der Waals surface area contributed by atoms with E-state index in [1.165, 1.54) is 23.0 Å². The zero-order valence-corrected chi connectivity index (χ0v) is 12.7. The van der Waals surface area contributed by atoms with Gasteiger partial charge in [-0.25, -0.2) is 0 Å². The number of piperidine rings is 1. The average Bonchev–Trinajstić information content (AvgIpc) is 2.85. The van der Waals surface area contributed by atoms with Gasteiger partial charge < -0.3 is 10.6 Å². The first-order chi connectivity index (χ1) is 9.66. The van der Waals surface area contributed by atoms with Gasteiger partial charge in [0.05, 0.1) is 5.56 Å².